The Morgan fingerprint density at radius 1 is 1.47 bits per heavy atom. The quantitative estimate of drug-likeness (QED) is 0.753. The van der Waals surface area contributed by atoms with Gasteiger partial charge in [0.05, 0.1) is 12.2 Å². The van der Waals surface area contributed by atoms with E-state index in [1.165, 1.54) is 0 Å². The summed E-state index contributed by atoms with van der Waals surface area (Å²) in [5.74, 6) is 0.499. The van der Waals surface area contributed by atoms with Gasteiger partial charge in [-0.2, -0.15) is 0 Å². The molecule has 1 aromatic rings. The second-order valence-corrected chi connectivity index (χ2v) is 5.16. The van der Waals surface area contributed by atoms with Gasteiger partial charge in [-0.25, -0.2) is 4.79 Å². The Hall–Kier alpha value is -1.85. The van der Waals surface area contributed by atoms with Crippen LogP contribution in [0.2, 0.25) is 0 Å². The smallest absolute Gasteiger partial charge is 0.329 e. The summed E-state index contributed by atoms with van der Waals surface area (Å²) >= 11 is 0. The first-order valence-electron chi connectivity index (χ1n) is 6.48. The van der Waals surface area contributed by atoms with Gasteiger partial charge < -0.3 is 14.2 Å². The molecule has 0 aliphatic carbocycles. The van der Waals surface area contributed by atoms with Crippen molar-refractivity contribution in [1.82, 2.24) is 10.1 Å². The minimum atomic E-state index is -0.359. The maximum atomic E-state index is 12.2. The summed E-state index contributed by atoms with van der Waals surface area (Å²) in [6.07, 6.45) is 1.53. The van der Waals surface area contributed by atoms with E-state index in [9.17, 15) is 9.59 Å². The third-order valence-corrected chi connectivity index (χ3v) is 3.91. The molecule has 3 rings (SSSR count). The molecule has 102 valence electrons. The van der Waals surface area contributed by atoms with E-state index in [4.69, 9.17) is 9.26 Å². The van der Waals surface area contributed by atoms with Crippen molar-refractivity contribution in [3.63, 3.8) is 0 Å². The van der Waals surface area contributed by atoms with Crippen LogP contribution in [0.25, 0.3) is 0 Å². The summed E-state index contributed by atoms with van der Waals surface area (Å²) in [6, 6.07) is -0.359. The van der Waals surface area contributed by atoms with Crippen molar-refractivity contribution in [2.45, 2.75) is 45.3 Å². The van der Waals surface area contributed by atoms with Crippen LogP contribution in [0, 0.1) is 13.8 Å². The Balaban J connectivity index is 1.62. The molecule has 1 amide bonds. The van der Waals surface area contributed by atoms with Crippen LogP contribution >= 0.6 is 0 Å². The molecule has 1 aromatic heterocycles. The van der Waals surface area contributed by atoms with E-state index in [0.717, 1.165) is 17.0 Å². The molecule has 0 spiro atoms. The Bertz CT molecular complexity index is 517. The van der Waals surface area contributed by atoms with Gasteiger partial charge in [-0.3, -0.25) is 4.79 Å². The van der Waals surface area contributed by atoms with Gasteiger partial charge in [-0.05, 0) is 20.3 Å². The molecule has 2 unspecified atom stereocenters. The van der Waals surface area contributed by atoms with Gasteiger partial charge in [-0.15, -0.1) is 0 Å². The van der Waals surface area contributed by atoms with Crippen molar-refractivity contribution in [2.24, 2.45) is 0 Å². The Kier molecular flexibility index (Phi) is 2.80. The van der Waals surface area contributed by atoms with Crippen molar-refractivity contribution in [2.75, 3.05) is 6.54 Å². The molecule has 0 N–H and O–H groups in total. The van der Waals surface area contributed by atoms with Gasteiger partial charge in [0.1, 0.15) is 17.9 Å². The SMILES string of the molecule is Cc1noc(C)c1CCC(=O)N1CC2CC1C(=O)O2. The van der Waals surface area contributed by atoms with Gasteiger partial charge in [0.25, 0.3) is 0 Å². The molecule has 6 nitrogen and oxygen atoms in total. The molecule has 2 atom stereocenters. The molecular weight excluding hydrogens is 248 g/mol. The number of likely N-dealkylation sites (tertiary alicyclic amines) is 1. The number of carbonyl (C=O) groups excluding carboxylic acids is 2. The maximum absolute atomic E-state index is 12.2. The number of nitrogens with zero attached hydrogens (tertiary/aromatic N) is 2. The normalized spacial score (nSPS) is 24.9. The Labute approximate surface area is 110 Å². The van der Waals surface area contributed by atoms with E-state index in [1.54, 1.807) is 4.90 Å². The van der Waals surface area contributed by atoms with Crippen molar-refractivity contribution in [3.8, 4) is 0 Å². The molecular formula is C13H16N2O4. The maximum Gasteiger partial charge on any atom is 0.329 e. The molecule has 6 heteroatoms. The first-order valence-corrected chi connectivity index (χ1v) is 6.48. The minimum absolute atomic E-state index is 0.00384. The van der Waals surface area contributed by atoms with E-state index in [2.05, 4.69) is 5.16 Å². The monoisotopic (exact) mass is 264 g/mol. The van der Waals surface area contributed by atoms with E-state index in [-0.39, 0.29) is 24.0 Å². The standard InChI is InChI=1S/C13H16N2O4/c1-7-10(8(2)19-14-7)3-4-12(16)15-6-9-5-11(15)13(17)18-9/h9,11H,3-6H2,1-2H3. The number of aromatic nitrogens is 1. The third-order valence-electron chi connectivity index (χ3n) is 3.91. The number of esters is 1. The summed E-state index contributed by atoms with van der Waals surface area (Å²) in [7, 11) is 0. The summed E-state index contributed by atoms with van der Waals surface area (Å²) in [5, 5.41) is 3.87. The van der Waals surface area contributed by atoms with Crippen LogP contribution < -0.4 is 0 Å². The lowest BCUT2D eigenvalue weighted by atomic mass is 10.1. The zero-order chi connectivity index (χ0) is 13.6. The zero-order valence-corrected chi connectivity index (χ0v) is 11.0. The summed E-state index contributed by atoms with van der Waals surface area (Å²) in [5.41, 5.74) is 1.81. The molecule has 0 radical (unpaired) electrons. The van der Waals surface area contributed by atoms with Crippen LogP contribution in [-0.2, 0) is 20.7 Å². The fraction of sp³-hybridized carbons (Fsp3) is 0.615. The van der Waals surface area contributed by atoms with Crippen LogP contribution in [-0.4, -0.2) is 40.6 Å². The second kappa shape index (κ2) is 4.36. The number of fused-ring (bicyclic) bond motifs is 2. The largest absolute Gasteiger partial charge is 0.459 e. The molecule has 2 aliphatic heterocycles. The van der Waals surface area contributed by atoms with Gasteiger partial charge in [0.2, 0.25) is 5.91 Å². The lowest BCUT2D eigenvalue weighted by Crippen LogP contribution is -2.44. The first-order chi connectivity index (χ1) is 9.06. The number of ether oxygens (including phenoxy) is 1. The number of amides is 1. The highest BCUT2D eigenvalue weighted by Gasteiger charge is 2.48. The predicted molar refractivity (Wildman–Crippen MR) is 64.3 cm³/mol. The van der Waals surface area contributed by atoms with Crippen molar-refractivity contribution < 1.29 is 18.8 Å². The van der Waals surface area contributed by atoms with Gasteiger partial charge in [0.15, 0.2) is 0 Å². The zero-order valence-electron chi connectivity index (χ0n) is 11.0. The van der Waals surface area contributed by atoms with Crippen LogP contribution in [0.4, 0.5) is 0 Å². The fourth-order valence-electron chi connectivity index (χ4n) is 2.86. The number of carbonyl (C=O) groups is 2. The van der Waals surface area contributed by atoms with E-state index >= 15 is 0 Å². The lowest BCUT2D eigenvalue weighted by molar-refractivity contribution is -0.157. The average Bonchev–Trinajstić information content (AvgIpc) is 3.02. The fourth-order valence-corrected chi connectivity index (χ4v) is 2.86. The molecule has 0 saturated carbocycles. The third kappa shape index (κ3) is 2.01. The highest BCUT2D eigenvalue weighted by Crippen LogP contribution is 2.29. The van der Waals surface area contributed by atoms with E-state index in [1.807, 2.05) is 13.8 Å². The Morgan fingerprint density at radius 2 is 2.26 bits per heavy atom. The summed E-state index contributed by atoms with van der Waals surface area (Å²) < 4.78 is 10.1. The number of morpholine rings is 1. The van der Waals surface area contributed by atoms with Crippen LogP contribution in [0.3, 0.4) is 0 Å². The van der Waals surface area contributed by atoms with Crippen LogP contribution in [0.15, 0.2) is 4.52 Å². The minimum Gasteiger partial charge on any atom is -0.459 e. The number of hydrogen-bond acceptors (Lipinski definition) is 5. The molecule has 2 fully saturated rings. The van der Waals surface area contributed by atoms with Crippen LogP contribution in [0.5, 0.6) is 0 Å². The summed E-state index contributed by atoms with van der Waals surface area (Å²) in [6.45, 7) is 4.25. The van der Waals surface area contributed by atoms with Gasteiger partial charge in [-0.1, -0.05) is 5.16 Å². The Morgan fingerprint density at radius 3 is 2.84 bits per heavy atom. The highest BCUT2D eigenvalue weighted by atomic mass is 16.6. The number of rotatable bonds is 3. The number of hydrogen-bond donors (Lipinski definition) is 0. The van der Waals surface area contributed by atoms with Crippen LogP contribution in [0.1, 0.15) is 29.9 Å². The molecule has 19 heavy (non-hydrogen) atoms. The lowest BCUT2D eigenvalue weighted by Gasteiger charge is -2.25. The molecule has 2 saturated heterocycles. The molecule has 2 aliphatic rings. The van der Waals surface area contributed by atoms with Crippen molar-refractivity contribution in [3.05, 3.63) is 17.0 Å². The molecule has 2 bridgehead atoms. The molecule has 3 heterocycles. The average molecular weight is 264 g/mol. The topological polar surface area (TPSA) is 72.6 Å². The van der Waals surface area contributed by atoms with Crippen molar-refractivity contribution in [1.29, 1.82) is 0 Å². The summed E-state index contributed by atoms with van der Waals surface area (Å²) in [4.78, 5) is 25.3. The van der Waals surface area contributed by atoms with E-state index in [0.29, 0.717) is 25.8 Å². The second-order valence-electron chi connectivity index (χ2n) is 5.16. The number of aryl methyl sites for hydroxylation is 2. The van der Waals surface area contributed by atoms with E-state index < -0.39 is 0 Å². The molecule has 0 aromatic carbocycles. The highest BCUT2D eigenvalue weighted by molar-refractivity contribution is 5.87. The van der Waals surface area contributed by atoms with Crippen molar-refractivity contribution >= 4 is 11.9 Å². The first kappa shape index (κ1) is 12.2. The van der Waals surface area contributed by atoms with Gasteiger partial charge in [0, 0.05) is 18.4 Å². The van der Waals surface area contributed by atoms with Gasteiger partial charge >= 0.3 is 5.97 Å². The predicted octanol–water partition coefficient (Wildman–Crippen LogP) is 0.750.